The van der Waals surface area contributed by atoms with Crippen LogP contribution in [0, 0.1) is 0 Å². The summed E-state index contributed by atoms with van der Waals surface area (Å²) >= 11 is 0. The Morgan fingerprint density at radius 3 is 2.30 bits per heavy atom. The molecule has 2 aromatic carbocycles. The lowest BCUT2D eigenvalue weighted by Crippen LogP contribution is -2.40. The maximum Gasteiger partial charge on any atom is 0.420 e. The first-order valence-electron chi connectivity index (χ1n) is 9.68. The molecule has 0 atom stereocenters. The normalized spacial score (nSPS) is 14.7. The summed E-state index contributed by atoms with van der Waals surface area (Å²) < 4.78 is 16.8. The minimum atomic E-state index is -0.475. The maximum atomic E-state index is 12.8. The third-order valence-electron chi connectivity index (χ3n) is 5.49. The Morgan fingerprint density at radius 2 is 1.67 bits per heavy atom. The number of aromatic nitrogens is 1. The van der Waals surface area contributed by atoms with Crippen molar-refractivity contribution in [1.29, 1.82) is 0 Å². The first kappa shape index (κ1) is 19.8. The van der Waals surface area contributed by atoms with Crippen molar-refractivity contribution in [3.8, 4) is 5.75 Å². The molecule has 0 radical (unpaired) electrons. The molecule has 4 rings (SSSR count). The van der Waals surface area contributed by atoms with Gasteiger partial charge in [0.1, 0.15) is 5.75 Å². The highest BCUT2D eigenvalue weighted by molar-refractivity contribution is 5.94. The van der Waals surface area contributed by atoms with Crippen molar-refractivity contribution in [2.75, 3.05) is 27.3 Å². The van der Waals surface area contributed by atoms with E-state index in [9.17, 15) is 14.4 Å². The van der Waals surface area contributed by atoms with Crippen LogP contribution in [0.2, 0.25) is 0 Å². The van der Waals surface area contributed by atoms with Gasteiger partial charge in [-0.25, -0.2) is 9.59 Å². The van der Waals surface area contributed by atoms with Crippen LogP contribution in [-0.4, -0.2) is 48.7 Å². The predicted molar refractivity (Wildman–Crippen MR) is 109 cm³/mol. The highest BCUT2D eigenvalue weighted by atomic mass is 16.5. The standard InChI is InChI=1S/C22H22N2O6/c1-28-17-6-3-14(4-7-17)20(25)23-11-9-16(10-12-23)24-18-13-15(21(26)29-2)5-8-19(18)30-22(24)27/h3-8,13,16H,9-12H2,1-2H3. The quantitative estimate of drug-likeness (QED) is 0.615. The minimum absolute atomic E-state index is 0.0477. The number of carbonyl (C=O) groups excluding carboxylic acids is 2. The van der Waals surface area contributed by atoms with Crippen molar-refractivity contribution in [3.63, 3.8) is 0 Å². The van der Waals surface area contributed by atoms with Gasteiger partial charge in [0.05, 0.1) is 25.3 Å². The summed E-state index contributed by atoms with van der Waals surface area (Å²) in [5.41, 5.74) is 1.93. The van der Waals surface area contributed by atoms with Crippen molar-refractivity contribution < 1.29 is 23.5 Å². The zero-order valence-electron chi connectivity index (χ0n) is 16.8. The van der Waals surface area contributed by atoms with E-state index in [1.165, 1.54) is 7.11 Å². The Labute approximate surface area is 172 Å². The zero-order chi connectivity index (χ0) is 21.3. The summed E-state index contributed by atoms with van der Waals surface area (Å²) in [4.78, 5) is 38.9. The monoisotopic (exact) mass is 410 g/mol. The largest absolute Gasteiger partial charge is 0.497 e. The van der Waals surface area contributed by atoms with Crippen LogP contribution in [-0.2, 0) is 4.74 Å². The molecule has 1 aliphatic rings. The summed E-state index contributed by atoms with van der Waals surface area (Å²) in [5.74, 6) is -0.291. The van der Waals surface area contributed by atoms with Crippen LogP contribution in [0.1, 0.15) is 39.6 Å². The minimum Gasteiger partial charge on any atom is -0.497 e. The average Bonchev–Trinajstić information content (AvgIpc) is 3.13. The molecular weight excluding hydrogens is 388 g/mol. The van der Waals surface area contributed by atoms with Gasteiger partial charge in [-0.2, -0.15) is 0 Å². The smallest absolute Gasteiger partial charge is 0.420 e. The lowest BCUT2D eigenvalue weighted by Gasteiger charge is -2.32. The molecule has 30 heavy (non-hydrogen) atoms. The fourth-order valence-corrected chi connectivity index (χ4v) is 3.87. The van der Waals surface area contributed by atoms with Crippen molar-refractivity contribution in [2.24, 2.45) is 0 Å². The SMILES string of the molecule is COC(=O)c1ccc2oc(=O)n(C3CCN(C(=O)c4ccc(OC)cc4)CC3)c2c1. The van der Waals surface area contributed by atoms with Crippen LogP contribution in [0.4, 0.5) is 0 Å². The Balaban J connectivity index is 1.53. The molecule has 1 amide bonds. The fraction of sp³-hybridized carbons (Fsp3) is 0.318. The molecule has 1 fully saturated rings. The van der Waals surface area contributed by atoms with Gasteiger partial charge in [-0.1, -0.05) is 0 Å². The number of rotatable bonds is 4. The van der Waals surface area contributed by atoms with E-state index in [4.69, 9.17) is 13.9 Å². The Hall–Kier alpha value is -3.55. The van der Waals surface area contributed by atoms with Gasteiger partial charge in [-0.15, -0.1) is 0 Å². The molecule has 1 saturated heterocycles. The van der Waals surface area contributed by atoms with Gasteiger partial charge in [0.2, 0.25) is 0 Å². The first-order chi connectivity index (χ1) is 14.5. The molecule has 2 heterocycles. The number of oxazole rings is 1. The van der Waals surface area contributed by atoms with Crippen molar-refractivity contribution in [3.05, 3.63) is 64.1 Å². The molecule has 156 valence electrons. The highest BCUT2D eigenvalue weighted by Gasteiger charge is 2.27. The second-order valence-electron chi connectivity index (χ2n) is 7.16. The topological polar surface area (TPSA) is 91.0 Å². The van der Waals surface area contributed by atoms with E-state index in [1.807, 2.05) is 0 Å². The number of ether oxygens (including phenoxy) is 2. The van der Waals surface area contributed by atoms with Gasteiger partial charge in [0.25, 0.3) is 5.91 Å². The van der Waals surface area contributed by atoms with Crippen LogP contribution in [0.3, 0.4) is 0 Å². The van der Waals surface area contributed by atoms with Crippen molar-refractivity contribution >= 4 is 23.0 Å². The summed E-state index contributed by atoms with van der Waals surface area (Å²) in [6, 6.07) is 11.7. The molecular formula is C22H22N2O6. The van der Waals surface area contributed by atoms with Crippen LogP contribution in [0.5, 0.6) is 5.75 Å². The molecule has 0 spiro atoms. The number of piperidine rings is 1. The number of esters is 1. The maximum absolute atomic E-state index is 12.8. The number of amides is 1. The molecule has 3 aromatic rings. The fourth-order valence-electron chi connectivity index (χ4n) is 3.87. The van der Waals surface area contributed by atoms with E-state index in [-0.39, 0.29) is 11.9 Å². The second kappa shape index (κ2) is 8.06. The Kier molecular flexibility index (Phi) is 5.31. The van der Waals surface area contributed by atoms with Crippen molar-refractivity contribution in [2.45, 2.75) is 18.9 Å². The lowest BCUT2D eigenvalue weighted by atomic mass is 10.0. The molecule has 1 aliphatic heterocycles. The number of methoxy groups -OCH3 is 2. The Bertz CT molecular complexity index is 1140. The summed E-state index contributed by atoms with van der Waals surface area (Å²) in [6.07, 6.45) is 1.22. The molecule has 8 heteroatoms. The summed E-state index contributed by atoms with van der Waals surface area (Å²) in [6.45, 7) is 1.04. The molecule has 0 unspecified atom stereocenters. The third kappa shape index (κ3) is 3.56. The number of carbonyl (C=O) groups is 2. The summed E-state index contributed by atoms with van der Waals surface area (Å²) in [7, 11) is 2.89. The average molecular weight is 410 g/mol. The third-order valence-corrected chi connectivity index (χ3v) is 5.49. The first-order valence-corrected chi connectivity index (χ1v) is 9.68. The van der Waals surface area contributed by atoms with Crippen LogP contribution in [0.15, 0.2) is 51.7 Å². The second-order valence-corrected chi connectivity index (χ2v) is 7.16. The number of benzene rings is 2. The number of hydrogen-bond donors (Lipinski definition) is 0. The molecule has 0 N–H and O–H groups in total. The molecule has 0 saturated carbocycles. The molecule has 0 bridgehead atoms. The number of fused-ring (bicyclic) bond motifs is 1. The van der Waals surface area contributed by atoms with Crippen LogP contribution < -0.4 is 10.5 Å². The van der Waals surface area contributed by atoms with Gasteiger partial charge in [-0.05, 0) is 55.3 Å². The van der Waals surface area contributed by atoms with E-state index in [0.717, 1.165) is 0 Å². The van der Waals surface area contributed by atoms with Crippen LogP contribution >= 0.6 is 0 Å². The van der Waals surface area contributed by atoms with E-state index >= 15 is 0 Å². The van der Waals surface area contributed by atoms with E-state index < -0.39 is 11.7 Å². The Morgan fingerprint density at radius 1 is 1.00 bits per heavy atom. The van der Waals surface area contributed by atoms with Crippen LogP contribution in [0.25, 0.3) is 11.1 Å². The highest BCUT2D eigenvalue weighted by Crippen LogP contribution is 2.27. The van der Waals surface area contributed by atoms with Gasteiger partial charge in [-0.3, -0.25) is 9.36 Å². The number of hydrogen-bond acceptors (Lipinski definition) is 6. The molecule has 1 aromatic heterocycles. The van der Waals surface area contributed by atoms with Gasteiger partial charge in [0.15, 0.2) is 5.58 Å². The van der Waals surface area contributed by atoms with Crippen molar-refractivity contribution in [1.82, 2.24) is 9.47 Å². The lowest BCUT2D eigenvalue weighted by molar-refractivity contribution is 0.0600. The van der Waals surface area contributed by atoms with Gasteiger partial charge in [0, 0.05) is 24.7 Å². The summed E-state index contributed by atoms with van der Waals surface area (Å²) in [5, 5.41) is 0. The van der Waals surface area contributed by atoms with E-state index in [2.05, 4.69) is 0 Å². The zero-order valence-corrected chi connectivity index (χ0v) is 16.8. The number of likely N-dealkylation sites (tertiary alicyclic amines) is 1. The van der Waals surface area contributed by atoms with Gasteiger partial charge < -0.3 is 18.8 Å². The van der Waals surface area contributed by atoms with E-state index in [0.29, 0.717) is 53.9 Å². The predicted octanol–water partition coefficient (Wildman–Crippen LogP) is 2.87. The molecule has 0 aliphatic carbocycles. The molecule has 8 nitrogen and oxygen atoms in total. The van der Waals surface area contributed by atoms with E-state index in [1.54, 1.807) is 59.0 Å². The number of nitrogens with zero attached hydrogens (tertiary/aromatic N) is 2. The van der Waals surface area contributed by atoms with Gasteiger partial charge >= 0.3 is 11.7 Å².